The third-order valence-corrected chi connectivity index (χ3v) is 5.89. The normalized spacial score (nSPS) is 29.9. The third-order valence-electron chi connectivity index (χ3n) is 5.16. The molecule has 1 aliphatic heterocycles. The molecule has 2 aliphatic carbocycles. The molecule has 1 heterocycles. The van der Waals surface area contributed by atoms with E-state index >= 15 is 0 Å². The summed E-state index contributed by atoms with van der Waals surface area (Å²) in [5, 5.41) is 14.1. The zero-order valence-electron chi connectivity index (χ0n) is 14.1. The second kappa shape index (κ2) is 6.20. The first-order valence-corrected chi connectivity index (χ1v) is 9.56. The maximum absolute atomic E-state index is 12.9. The highest BCUT2D eigenvalue weighted by Gasteiger charge is 2.43. The van der Waals surface area contributed by atoms with Crippen molar-refractivity contribution in [3.8, 4) is 6.07 Å². The Labute approximate surface area is 142 Å². The molecule has 0 radical (unpaired) electrons. The number of hydrogen-bond donors (Lipinski definition) is 1. The topological polar surface area (TPSA) is 52.9 Å². The molecule has 23 heavy (non-hydrogen) atoms. The van der Waals surface area contributed by atoms with Gasteiger partial charge in [-0.3, -0.25) is 4.79 Å². The van der Waals surface area contributed by atoms with E-state index in [0.717, 1.165) is 47.6 Å². The smallest absolute Gasteiger partial charge is 0.161 e. The quantitative estimate of drug-likeness (QED) is 0.768. The molecule has 0 saturated heterocycles. The van der Waals surface area contributed by atoms with E-state index in [1.807, 2.05) is 6.26 Å². The number of Topliss-reactive ketones (excluding diaryl/α,β-unsaturated/α-hetero) is 1. The van der Waals surface area contributed by atoms with Gasteiger partial charge in [0.1, 0.15) is 0 Å². The summed E-state index contributed by atoms with van der Waals surface area (Å²) >= 11 is 1.59. The molecule has 3 nitrogen and oxygen atoms in total. The largest absolute Gasteiger partial charge is 0.352 e. The van der Waals surface area contributed by atoms with Gasteiger partial charge < -0.3 is 5.32 Å². The van der Waals surface area contributed by atoms with Crippen LogP contribution in [0.5, 0.6) is 0 Å². The van der Waals surface area contributed by atoms with Crippen LogP contribution in [0, 0.1) is 28.6 Å². The predicted molar refractivity (Wildman–Crippen MR) is 94.3 cm³/mol. The second-order valence-electron chi connectivity index (χ2n) is 7.54. The van der Waals surface area contributed by atoms with Crippen LogP contribution in [0.25, 0.3) is 0 Å². The molecule has 122 valence electrons. The highest BCUT2D eigenvalue weighted by Crippen LogP contribution is 2.48. The third kappa shape index (κ3) is 2.99. The molecule has 2 atom stereocenters. The number of ketones is 1. The molecule has 0 saturated carbocycles. The number of carbonyl (C=O) groups is 1. The molecule has 0 aromatic heterocycles. The highest BCUT2D eigenvalue weighted by molar-refractivity contribution is 8.02. The minimum atomic E-state index is -0.0211. The van der Waals surface area contributed by atoms with Crippen molar-refractivity contribution in [2.75, 3.05) is 6.26 Å². The van der Waals surface area contributed by atoms with Gasteiger partial charge >= 0.3 is 0 Å². The molecule has 3 aliphatic rings. The highest BCUT2D eigenvalue weighted by atomic mass is 32.2. The number of hydrogen-bond acceptors (Lipinski definition) is 4. The van der Waals surface area contributed by atoms with Gasteiger partial charge in [0.15, 0.2) is 5.78 Å². The first-order valence-electron chi connectivity index (χ1n) is 8.33. The standard InChI is InChI=1S/C19H24N2OS/c1-19(2)9-14-17(15(22)10-19)16(12-7-5-4-6-8-12)13(11-20)18(21-14)23-3/h4-5,12,16,21H,6-10H2,1-3H3/t12-,16-/m1/s1. The fourth-order valence-corrected chi connectivity index (χ4v) is 4.79. The van der Waals surface area contributed by atoms with E-state index in [1.54, 1.807) is 11.8 Å². The van der Waals surface area contributed by atoms with Crippen molar-refractivity contribution in [3.63, 3.8) is 0 Å². The lowest BCUT2D eigenvalue weighted by molar-refractivity contribution is -0.118. The van der Waals surface area contributed by atoms with E-state index in [0.29, 0.717) is 12.3 Å². The molecular weight excluding hydrogens is 304 g/mol. The first kappa shape index (κ1) is 16.4. The summed E-state index contributed by atoms with van der Waals surface area (Å²) in [5.41, 5.74) is 2.73. The molecule has 0 spiro atoms. The number of rotatable bonds is 2. The van der Waals surface area contributed by atoms with Crippen molar-refractivity contribution in [2.24, 2.45) is 17.3 Å². The Morgan fingerprint density at radius 2 is 2.13 bits per heavy atom. The Bertz CT molecular complexity index is 663. The Morgan fingerprint density at radius 3 is 2.74 bits per heavy atom. The van der Waals surface area contributed by atoms with Gasteiger partial charge in [0.25, 0.3) is 0 Å². The molecule has 0 aromatic rings. The molecular formula is C19H24N2OS. The van der Waals surface area contributed by atoms with Crippen LogP contribution in [0.3, 0.4) is 0 Å². The average Bonchev–Trinajstić information content (AvgIpc) is 2.52. The van der Waals surface area contributed by atoms with E-state index < -0.39 is 0 Å². The molecule has 4 heteroatoms. The van der Waals surface area contributed by atoms with Gasteiger partial charge in [0.05, 0.1) is 16.7 Å². The van der Waals surface area contributed by atoms with Gasteiger partial charge in [-0.15, -0.1) is 11.8 Å². The second-order valence-corrected chi connectivity index (χ2v) is 8.36. The molecule has 3 rings (SSSR count). The van der Waals surface area contributed by atoms with Crippen LogP contribution in [0.1, 0.15) is 46.0 Å². The number of nitriles is 1. The van der Waals surface area contributed by atoms with Crippen LogP contribution < -0.4 is 5.32 Å². The monoisotopic (exact) mass is 328 g/mol. The van der Waals surface area contributed by atoms with Crippen molar-refractivity contribution in [1.29, 1.82) is 5.26 Å². The summed E-state index contributed by atoms with van der Waals surface area (Å²) in [4.78, 5) is 12.9. The summed E-state index contributed by atoms with van der Waals surface area (Å²) in [6.45, 7) is 4.30. The molecule has 0 fully saturated rings. The van der Waals surface area contributed by atoms with Gasteiger partial charge in [-0.25, -0.2) is 0 Å². The lowest BCUT2D eigenvalue weighted by Crippen LogP contribution is -2.39. The van der Waals surface area contributed by atoms with E-state index in [-0.39, 0.29) is 17.1 Å². The molecule has 0 unspecified atom stereocenters. The maximum atomic E-state index is 12.9. The number of dihydropyridines is 1. The van der Waals surface area contributed by atoms with Crippen molar-refractivity contribution < 1.29 is 4.79 Å². The van der Waals surface area contributed by atoms with Crippen LogP contribution in [0.2, 0.25) is 0 Å². The number of nitrogens with one attached hydrogen (secondary N) is 1. The lowest BCUT2D eigenvalue weighted by atomic mass is 9.66. The molecule has 0 bridgehead atoms. The average molecular weight is 328 g/mol. The molecule has 0 aromatic carbocycles. The van der Waals surface area contributed by atoms with Crippen molar-refractivity contribution in [3.05, 3.63) is 34.0 Å². The Hall–Kier alpha value is -1.47. The minimum Gasteiger partial charge on any atom is -0.352 e. The van der Waals surface area contributed by atoms with Crippen molar-refractivity contribution in [2.45, 2.75) is 46.0 Å². The summed E-state index contributed by atoms with van der Waals surface area (Å²) in [6, 6.07) is 2.41. The van der Waals surface area contributed by atoms with E-state index in [9.17, 15) is 10.1 Å². The van der Waals surface area contributed by atoms with Crippen molar-refractivity contribution >= 4 is 17.5 Å². The van der Waals surface area contributed by atoms with Gasteiger partial charge in [-0.05, 0) is 43.3 Å². The minimum absolute atomic E-state index is 0.00635. The van der Waals surface area contributed by atoms with E-state index in [4.69, 9.17) is 0 Å². The maximum Gasteiger partial charge on any atom is 0.161 e. The van der Waals surface area contributed by atoms with Crippen LogP contribution >= 0.6 is 11.8 Å². The van der Waals surface area contributed by atoms with E-state index in [2.05, 4.69) is 37.4 Å². The summed E-state index contributed by atoms with van der Waals surface area (Å²) in [6.07, 6.45) is 11.0. The lowest BCUT2D eigenvalue weighted by Gasteiger charge is -2.41. The van der Waals surface area contributed by atoms with Crippen LogP contribution in [-0.2, 0) is 4.79 Å². The summed E-state index contributed by atoms with van der Waals surface area (Å²) in [7, 11) is 0. The van der Waals surface area contributed by atoms with Crippen LogP contribution in [-0.4, -0.2) is 12.0 Å². The fraction of sp³-hybridized carbons (Fsp3) is 0.579. The van der Waals surface area contributed by atoms with Crippen LogP contribution in [0.4, 0.5) is 0 Å². The number of carbonyl (C=O) groups excluding carboxylic acids is 1. The molecule has 1 N–H and O–H groups in total. The fourth-order valence-electron chi connectivity index (χ4n) is 4.17. The first-order chi connectivity index (χ1) is 11.0. The predicted octanol–water partition coefficient (Wildman–Crippen LogP) is 4.30. The SMILES string of the molecule is CSC1=C(C#N)[C@@H]([C@@H]2CC=CCC2)C2=C(CC(C)(C)CC2=O)N1. The van der Waals surface area contributed by atoms with Gasteiger partial charge in [-0.1, -0.05) is 26.0 Å². The number of allylic oxidation sites excluding steroid dienone is 5. The van der Waals surface area contributed by atoms with Crippen LogP contribution in [0.15, 0.2) is 34.0 Å². The summed E-state index contributed by atoms with van der Waals surface area (Å²) in [5.74, 6) is 0.581. The number of thioether (sulfide) groups is 1. The zero-order chi connectivity index (χ0) is 16.6. The Morgan fingerprint density at radius 1 is 1.35 bits per heavy atom. The Kier molecular flexibility index (Phi) is 4.42. The van der Waals surface area contributed by atoms with Gasteiger partial charge in [-0.2, -0.15) is 5.26 Å². The summed E-state index contributed by atoms with van der Waals surface area (Å²) < 4.78 is 0. The number of nitrogens with zero attached hydrogens (tertiary/aromatic N) is 1. The zero-order valence-corrected chi connectivity index (χ0v) is 14.9. The molecule has 0 amide bonds. The Balaban J connectivity index is 2.09. The van der Waals surface area contributed by atoms with E-state index in [1.165, 1.54) is 0 Å². The van der Waals surface area contributed by atoms with Gasteiger partial charge in [0, 0.05) is 23.6 Å². The van der Waals surface area contributed by atoms with Crippen molar-refractivity contribution in [1.82, 2.24) is 5.32 Å². The van der Waals surface area contributed by atoms with Gasteiger partial charge in [0.2, 0.25) is 0 Å².